The van der Waals surface area contributed by atoms with Gasteiger partial charge >= 0.3 is 5.97 Å². The van der Waals surface area contributed by atoms with E-state index in [0.29, 0.717) is 12.2 Å². The molecule has 0 saturated carbocycles. The molecule has 0 unspecified atom stereocenters. The smallest absolute Gasteiger partial charge is 0.337 e. The Labute approximate surface area is 71.3 Å². The molecule has 0 fully saturated rings. The van der Waals surface area contributed by atoms with E-state index in [4.69, 9.17) is 4.74 Å². The summed E-state index contributed by atoms with van der Waals surface area (Å²) in [6.07, 6.45) is 7.71. The molecule has 0 aromatic heterocycles. The van der Waals surface area contributed by atoms with Crippen LogP contribution in [0.25, 0.3) is 0 Å². The maximum Gasteiger partial charge on any atom is 0.337 e. The van der Waals surface area contributed by atoms with Crippen LogP contribution in [0.5, 0.6) is 0 Å². The van der Waals surface area contributed by atoms with Gasteiger partial charge in [0.15, 0.2) is 0 Å². The Kier molecular flexibility index (Phi) is 5.00. The number of rotatable bonds is 2. The minimum atomic E-state index is -0.205. The third-order valence-electron chi connectivity index (χ3n) is 1.51. The molecular formula is C9H13FO2. The molecule has 0 spiro atoms. The van der Waals surface area contributed by atoms with Crippen LogP contribution in [-0.2, 0) is 9.53 Å². The van der Waals surface area contributed by atoms with Crippen molar-refractivity contribution in [2.75, 3.05) is 6.61 Å². The molecule has 3 heteroatoms. The SMILES string of the molecule is CCOC(=O)C1=CCCC=C1.F. The highest BCUT2D eigenvalue weighted by Crippen LogP contribution is 2.10. The maximum atomic E-state index is 11.1. The number of hydrogen-bond donors (Lipinski definition) is 0. The average molecular weight is 172 g/mol. The fourth-order valence-electron chi connectivity index (χ4n) is 0.979. The van der Waals surface area contributed by atoms with Gasteiger partial charge in [-0.1, -0.05) is 18.2 Å². The normalized spacial score (nSPS) is 14.6. The fourth-order valence-corrected chi connectivity index (χ4v) is 0.979. The molecule has 1 aliphatic rings. The van der Waals surface area contributed by atoms with E-state index in [1.165, 1.54) is 0 Å². The van der Waals surface area contributed by atoms with Gasteiger partial charge < -0.3 is 4.74 Å². The van der Waals surface area contributed by atoms with E-state index < -0.39 is 0 Å². The Morgan fingerprint density at radius 3 is 2.83 bits per heavy atom. The lowest BCUT2D eigenvalue weighted by atomic mass is 10.1. The second-order valence-electron chi connectivity index (χ2n) is 2.36. The van der Waals surface area contributed by atoms with E-state index >= 15 is 0 Å². The molecule has 68 valence electrons. The van der Waals surface area contributed by atoms with Gasteiger partial charge in [0.2, 0.25) is 0 Å². The van der Waals surface area contributed by atoms with Crippen LogP contribution < -0.4 is 0 Å². The molecule has 0 N–H and O–H groups in total. The van der Waals surface area contributed by atoms with Crippen molar-refractivity contribution in [3.63, 3.8) is 0 Å². The fraction of sp³-hybridized carbons (Fsp3) is 0.444. The first-order chi connectivity index (χ1) is 5.34. The molecule has 2 nitrogen and oxygen atoms in total. The summed E-state index contributed by atoms with van der Waals surface area (Å²) < 4.78 is 4.82. The Bertz CT molecular complexity index is 207. The molecule has 12 heavy (non-hydrogen) atoms. The first-order valence-corrected chi connectivity index (χ1v) is 3.88. The number of hydrogen-bond acceptors (Lipinski definition) is 2. The molecule has 1 aliphatic carbocycles. The van der Waals surface area contributed by atoms with Crippen LogP contribution in [0.2, 0.25) is 0 Å². The van der Waals surface area contributed by atoms with Gasteiger partial charge in [0, 0.05) is 0 Å². The molecule has 0 amide bonds. The lowest BCUT2D eigenvalue weighted by Gasteiger charge is -2.04. The highest BCUT2D eigenvalue weighted by atomic mass is 19.0. The van der Waals surface area contributed by atoms with Crippen LogP contribution >= 0.6 is 0 Å². The summed E-state index contributed by atoms with van der Waals surface area (Å²) in [6, 6.07) is 0. The van der Waals surface area contributed by atoms with Crippen LogP contribution in [0.3, 0.4) is 0 Å². The van der Waals surface area contributed by atoms with E-state index in [9.17, 15) is 4.79 Å². The van der Waals surface area contributed by atoms with Crippen molar-refractivity contribution < 1.29 is 14.2 Å². The second kappa shape index (κ2) is 5.52. The van der Waals surface area contributed by atoms with Crippen molar-refractivity contribution in [2.45, 2.75) is 19.8 Å². The van der Waals surface area contributed by atoms with E-state index in [0.717, 1.165) is 12.8 Å². The second-order valence-corrected chi connectivity index (χ2v) is 2.36. The van der Waals surface area contributed by atoms with Crippen LogP contribution in [0.15, 0.2) is 23.8 Å². The zero-order chi connectivity index (χ0) is 8.10. The maximum absolute atomic E-state index is 11.1. The minimum Gasteiger partial charge on any atom is -0.462 e. The monoisotopic (exact) mass is 172 g/mol. The molecular weight excluding hydrogens is 159 g/mol. The van der Waals surface area contributed by atoms with Gasteiger partial charge in [-0.3, -0.25) is 4.70 Å². The van der Waals surface area contributed by atoms with Gasteiger partial charge in [0.1, 0.15) is 0 Å². The van der Waals surface area contributed by atoms with Gasteiger partial charge in [0.25, 0.3) is 0 Å². The Morgan fingerprint density at radius 2 is 2.33 bits per heavy atom. The van der Waals surface area contributed by atoms with Crippen LogP contribution in [0.1, 0.15) is 19.8 Å². The highest BCUT2D eigenvalue weighted by molar-refractivity contribution is 5.91. The molecule has 1 rings (SSSR count). The molecule has 0 atom stereocenters. The number of esters is 1. The average Bonchev–Trinajstić information content (AvgIpc) is 2.07. The largest absolute Gasteiger partial charge is 0.462 e. The quantitative estimate of drug-likeness (QED) is 0.595. The molecule has 0 aliphatic heterocycles. The zero-order valence-corrected chi connectivity index (χ0v) is 7.08. The van der Waals surface area contributed by atoms with Crippen LogP contribution in [0.4, 0.5) is 4.70 Å². The van der Waals surface area contributed by atoms with Crippen molar-refractivity contribution in [1.29, 1.82) is 0 Å². The summed E-state index contributed by atoms with van der Waals surface area (Å²) in [5.41, 5.74) is 0.693. The van der Waals surface area contributed by atoms with E-state index in [2.05, 4.69) is 0 Å². The van der Waals surface area contributed by atoms with Crippen LogP contribution in [0, 0.1) is 0 Å². The summed E-state index contributed by atoms with van der Waals surface area (Å²) in [5, 5.41) is 0. The Balaban J connectivity index is 0.00000121. The first kappa shape index (κ1) is 10.9. The van der Waals surface area contributed by atoms with Gasteiger partial charge in [-0.2, -0.15) is 0 Å². The highest BCUT2D eigenvalue weighted by Gasteiger charge is 2.07. The van der Waals surface area contributed by atoms with Gasteiger partial charge in [-0.25, -0.2) is 4.79 Å². The summed E-state index contributed by atoms with van der Waals surface area (Å²) >= 11 is 0. The summed E-state index contributed by atoms with van der Waals surface area (Å²) in [4.78, 5) is 11.1. The predicted octanol–water partition coefficient (Wildman–Crippen LogP) is 1.98. The van der Waals surface area contributed by atoms with Gasteiger partial charge in [0.05, 0.1) is 12.2 Å². The number of allylic oxidation sites excluding steroid dienone is 2. The molecule has 0 saturated heterocycles. The molecule has 0 heterocycles. The van der Waals surface area contributed by atoms with E-state index in [1.54, 1.807) is 0 Å². The molecule has 0 aromatic carbocycles. The topological polar surface area (TPSA) is 26.3 Å². The Morgan fingerprint density at radius 1 is 1.58 bits per heavy atom. The van der Waals surface area contributed by atoms with Crippen molar-refractivity contribution in [1.82, 2.24) is 0 Å². The number of carbonyl (C=O) groups is 1. The van der Waals surface area contributed by atoms with E-state index in [-0.39, 0.29) is 10.7 Å². The predicted molar refractivity (Wildman–Crippen MR) is 45.6 cm³/mol. The van der Waals surface area contributed by atoms with Crippen molar-refractivity contribution in [3.05, 3.63) is 23.8 Å². The van der Waals surface area contributed by atoms with Crippen LogP contribution in [-0.4, -0.2) is 12.6 Å². The standard InChI is InChI=1S/C9H12O2.FH/c1-2-11-9(10)8-6-4-3-5-7-8;/h4,6-7H,2-3,5H2,1H3;1H. The van der Waals surface area contributed by atoms with E-state index in [1.807, 2.05) is 25.2 Å². The summed E-state index contributed by atoms with van der Waals surface area (Å²) in [7, 11) is 0. The van der Waals surface area contributed by atoms with Gasteiger partial charge in [-0.15, -0.1) is 0 Å². The first-order valence-electron chi connectivity index (χ1n) is 3.88. The minimum absolute atomic E-state index is 0. The van der Waals surface area contributed by atoms with Crippen molar-refractivity contribution in [3.8, 4) is 0 Å². The summed E-state index contributed by atoms with van der Waals surface area (Å²) in [6.45, 7) is 2.26. The lowest BCUT2D eigenvalue weighted by Crippen LogP contribution is -2.06. The zero-order valence-electron chi connectivity index (χ0n) is 7.08. The molecule has 0 aromatic rings. The number of halogens is 1. The third kappa shape index (κ3) is 2.86. The summed E-state index contributed by atoms with van der Waals surface area (Å²) in [5.74, 6) is -0.205. The Hall–Kier alpha value is -1.12. The lowest BCUT2D eigenvalue weighted by molar-refractivity contribution is -0.138. The molecule has 0 bridgehead atoms. The molecule has 0 radical (unpaired) electrons. The van der Waals surface area contributed by atoms with Gasteiger partial charge in [-0.05, 0) is 19.8 Å². The van der Waals surface area contributed by atoms with Crippen molar-refractivity contribution in [2.24, 2.45) is 0 Å². The number of ether oxygens (including phenoxy) is 1. The number of carbonyl (C=O) groups excluding carboxylic acids is 1. The third-order valence-corrected chi connectivity index (χ3v) is 1.51. The van der Waals surface area contributed by atoms with Crippen molar-refractivity contribution >= 4 is 5.97 Å².